The lowest BCUT2D eigenvalue weighted by molar-refractivity contribution is -0.137. The molecule has 1 unspecified atom stereocenters. The second-order valence-corrected chi connectivity index (χ2v) is 3.51. The number of nitrogens with one attached hydrogen (secondary N) is 1. The standard InChI is InChI=1S/C10H9ClFNO3/c11-8-3-6(12)1-2-7(8)9(13-5-14)4-10(15)16/h1-3,5,9H,4H2,(H,13,14)(H,15,16). The van der Waals surface area contributed by atoms with Gasteiger partial charge in [0, 0.05) is 5.02 Å². The number of hydrogen-bond acceptors (Lipinski definition) is 2. The van der Waals surface area contributed by atoms with Crippen LogP contribution >= 0.6 is 11.6 Å². The fraction of sp³-hybridized carbons (Fsp3) is 0.200. The highest BCUT2D eigenvalue weighted by Gasteiger charge is 2.17. The molecule has 0 spiro atoms. The molecule has 0 saturated heterocycles. The van der Waals surface area contributed by atoms with Crippen LogP contribution in [0.1, 0.15) is 18.0 Å². The summed E-state index contributed by atoms with van der Waals surface area (Å²) in [7, 11) is 0. The first-order valence-electron chi connectivity index (χ1n) is 4.41. The summed E-state index contributed by atoms with van der Waals surface area (Å²) in [4.78, 5) is 20.9. The molecule has 0 heterocycles. The van der Waals surface area contributed by atoms with Crippen molar-refractivity contribution in [1.29, 1.82) is 0 Å². The first-order chi connectivity index (χ1) is 7.54. The van der Waals surface area contributed by atoms with Crippen LogP contribution in [0.25, 0.3) is 0 Å². The van der Waals surface area contributed by atoms with Crippen LogP contribution in [0.4, 0.5) is 4.39 Å². The van der Waals surface area contributed by atoms with Crippen LogP contribution in [-0.4, -0.2) is 17.5 Å². The first kappa shape index (κ1) is 12.4. The van der Waals surface area contributed by atoms with Crippen LogP contribution in [0, 0.1) is 5.82 Å². The van der Waals surface area contributed by atoms with E-state index in [-0.39, 0.29) is 11.4 Å². The highest BCUT2D eigenvalue weighted by molar-refractivity contribution is 6.31. The molecule has 1 amide bonds. The van der Waals surface area contributed by atoms with Gasteiger partial charge in [-0.15, -0.1) is 0 Å². The number of benzene rings is 1. The summed E-state index contributed by atoms with van der Waals surface area (Å²) < 4.78 is 12.8. The van der Waals surface area contributed by atoms with Crippen molar-refractivity contribution in [3.05, 3.63) is 34.6 Å². The monoisotopic (exact) mass is 245 g/mol. The topological polar surface area (TPSA) is 66.4 Å². The van der Waals surface area contributed by atoms with Crippen molar-refractivity contribution in [2.24, 2.45) is 0 Å². The summed E-state index contributed by atoms with van der Waals surface area (Å²) in [5.74, 6) is -1.60. The number of carbonyl (C=O) groups is 2. The highest BCUT2D eigenvalue weighted by Crippen LogP contribution is 2.25. The maximum absolute atomic E-state index is 12.8. The van der Waals surface area contributed by atoms with Gasteiger partial charge in [-0.1, -0.05) is 17.7 Å². The lowest BCUT2D eigenvalue weighted by Crippen LogP contribution is -2.22. The third-order valence-electron chi connectivity index (χ3n) is 1.99. The molecule has 2 N–H and O–H groups in total. The Morgan fingerprint density at radius 2 is 2.31 bits per heavy atom. The molecule has 6 heteroatoms. The van der Waals surface area contributed by atoms with Crippen molar-refractivity contribution in [2.75, 3.05) is 0 Å². The van der Waals surface area contributed by atoms with Crippen LogP contribution in [0.15, 0.2) is 18.2 Å². The zero-order chi connectivity index (χ0) is 12.1. The molecule has 1 rings (SSSR count). The van der Waals surface area contributed by atoms with Gasteiger partial charge in [0.2, 0.25) is 6.41 Å². The van der Waals surface area contributed by atoms with Crippen LogP contribution in [0.2, 0.25) is 5.02 Å². The summed E-state index contributed by atoms with van der Waals surface area (Å²) >= 11 is 5.75. The van der Waals surface area contributed by atoms with Gasteiger partial charge < -0.3 is 10.4 Å². The van der Waals surface area contributed by atoms with Gasteiger partial charge in [0.1, 0.15) is 5.82 Å². The van der Waals surface area contributed by atoms with Crippen LogP contribution in [0.5, 0.6) is 0 Å². The molecule has 0 aromatic heterocycles. The normalized spacial score (nSPS) is 11.9. The Balaban J connectivity index is 3.00. The average molecular weight is 246 g/mol. The Kier molecular flexibility index (Phi) is 4.25. The largest absolute Gasteiger partial charge is 0.481 e. The van der Waals surface area contributed by atoms with Gasteiger partial charge in [-0.2, -0.15) is 0 Å². The number of carbonyl (C=O) groups excluding carboxylic acids is 1. The van der Waals surface area contributed by atoms with Gasteiger partial charge in [0.05, 0.1) is 12.5 Å². The molecule has 0 bridgehead atoms. The van der Waals surface area contributed by atoms with Gasteiger partial charge in [-0.3, -0.25) is 9.59 Å². The van der Waals surface area contributed by atoms with Gasteiger partial charge in [0.15, 0.2) is 0 Å². The van der Waals surface area contributed by atoms with Gasteiger partial charge in [-0.25, -0.2) is 4.39 Å². The number of carboxylic acids is 1. The van der Waals surface area contributed by atoms with Crippen molar-refractivity contribution < 1.29 is 19.1 Å². The third-order valence-corrected chi connectivity index (χ3v) is 2.31. The van der Waals surface area contributed by atoms with Crippen LogP contribution < -0.4 is 5.32 Å². The molecule has 0 saturated carbocycles. The van der Waals surface area contributed by atoms with Gasteiger partial charge in [0.25, 0.3) is 0 Å². The SMILES string of the molecule is O=CNC(CC(=O)O)c1ccc(F)cc1Cl. The Bertz CT molecular complexity index is 411. The predicted octanol–water partition coefficient (Wildman–Crippen LogP) is 1.74. The summed E-state index contributed by atoms with van der Waals surface area (Å²) in [5, 5.41) is 11.1. The quantitative estimate of drug-likeness (QED) is 0.777. The molecule has 86 valence electrons. The molecule has 1 atom stereocenters. The molecule has 0 aliphatic rings. The maximum atomic E-state index is 12.8. The van der Waals surface area contributed by atoms with E-state index >= 15 is 0 Å². The summed E-state index contributed by atoms with van der Waals surface area (Å²) in [6.07, 6.45) is 0.0669. The Morgan fingerprint density at radius 1 is 1.62 bits per heavy atom. The molecule has 4 nitrogen and oxygen atoms in total. The summed E-state index contributed by atoms with van der Waals surface area (Å²) in [6.45, 7) is 0. The Hall–Kier alpha value is -1.62. The molecule has 0 fully saturated rings. The van der Waals surface area contributed by atoms with Gasteiger partial charge >= 0.3 is 5.97 Å². The van der Waals surface area contributed by atoms with E-state index < -0.39 is 17.8 Å². The second-order valence-electron chi connectivity index (χ2n) is 3.10. The van der Waals surface area contributed by atoms with Gasteiger partial charge in [-0.05, 0) is 17.7 Å². The Labute approximate surface area is 96.0 Å². The van der Waals surface area contributed by atoms with E-state index in [4.69, 9.17) is 16.7 Å². The summed E-state index contributed by atoms with van der Waals surface area (Å²) in [5.41, 5.74) is 0.373. The third kappa shape index (κ3) is 3.20. The van der Waals surface area contributed by atoms with Crippen LogP contribution in [0.3, 0.4) is 0 Å². The van der Waals surface area contributed by atoms with Crippen molar-refractivity contribution in [2.45, 2.75) is 12.5 Å². The zero-order valence-electron chi connectivity index (χ0n) is 8.11. The smallest absolute Gasteiger partial charge is 0.305 e. The maximum Gasteiger partial charge on any atom is 0.305 e. The number of carboxylic acid groups (broad SMARTS) is 1. The number of amides is 1. The molecule has 1 aromatic rings. The minimum Gasteiger partial charge on any atom is -0.481 e. The number of halogens is 2. The van der Waals surface area contributed by atoms with E-state index in [1.165, 1.54) is 6.07 Å². The van der Waals surface area contributed by atoms with E-state index in [0.717, 1.165) is 12.1 Å². The number of aliphatic carboxylic acids is 1. The first-order valence-corrected chi connectivity index (χ1v) is 4.79. The van der Waals surface area contributed by atoms with Crippen molar-refractivity contribution in [3.8, 4) is 0 Å². The average Bonchev–Trinajstić information content (AvgIpc) is 2.16. The highest BCUT2D eigenvalue weighted by atomic mass is 35.5. The van der Waals surface area contributed by atoms with Crippen molar-refractivity contribution in [3.63, 3.8) is 0 Å². The van der Waals surface area contributed by atoms with E-state index in [2.05, 4.69) is 5.32 Å². The number of hydrogen-bond donors (Lipinski definition) is 2. The van der Waals surface area contributed by atoms with Crippen LogP contribution in [-0.2, 0) is 9.59 Å². The molecule has 1 aromatic carbocycles. The molecular formula is C10H9ClFNO3. The predicted molar refractivity (Wildman–Crippen MR) is 55.6 cm³/mol. The lowest BCUT2D eigenvalue weighted by Gasteiger charge is -2.15. The molecule has 16 heavy (non-hydrogen) atoms. The van der Waals surface area contributed by atoms with E-state index in [9.17, 15) is 14.0 Å². The van der Waals surface area contributed by atoms with Crippen molar-refractivity contribution >= 4 is 24.0 Å². The number of rotatable bonds is 5. The molecular weight excluding hydrogens is 237 g/mol. The van der Waals surface area contributed by atoms with E-state index in [1.54, 1.807) is 0 Å². The molecule has 0 aliphatic heterocycles. The molecule has 0 radical (unpaired) electrons. The van der Waals surface area contributed by atoms with E-state index in [0.29, 0.717) is 12.0 Å². The fourth-order valence-corrected chi connectivity index (χ4v) is 1.60. The Morgan fingerprint density at radius 3 is 2.81 bits per heavy atom. The van der Waals surface area contributed by atoms with E-state index in [1.807, 2.05) is 0 Å². The second kappa shape index (κ2) is 5.46. The van der Waals surface area contributed by atoms with Crippen molar-refractivity contribution in [1.82, 2.24) is 5.32 Å². The summed E-state index contributed by atoms with van der Waals surface area (Å²) in [6, 6.07) is 2.81. The minimum atomic E-state index is -1.08. The zero-order valence-corrected chi connectivity index (χ0v) is 8.87. The minimum absolute atomic E-state index is 0.0839. The lowest BCUT2D eigenvalue weighted by atomic mass is 10.0. The fourth-order valence-electron chi connectivity index (χ4n) is 1.30. The molecule has 0 aliphatic carbocycles.